The van der Waals surface area contributed by atoms with Crippen molar-refractivity contribution in [2.45, 2.75) is 52.8 Å². The summed E-state index contributed by atoms with van der Waals surface area (Å²) < 4.78 is 0. The second-order valence-corrected chi connectivity index (χ2v) is 11.2. The Morgan fingerprint density at radius 2 is 1.81 bits per heavy atom. The minimum absolute atomic E-state index is 0.0648. The van der Waals surface area contributed by atoms with Crippen molar-refractivity contribution in [1.82, 2.24) is 9.97 Å². The number of aromatic amines is 1. The van der Waals surface area contributed by atoms with Crippen LogP contribution in [-0.2, 0) is 0 Å². The molecule has 1 rings (SSSR count). The summed E-state index contributed by atoms with van der Waals surface area (Å²) in [7, 11) is -1.66. The molecule has 0 aliphatic heterocycles. The van der Waals surface area contributed by atoms with Crippen LogP contribution in [0.15, 0.2) is 0 Å². The van der Waals surface area contributed by atoms with E-state index < -0.39 is 8.07 Å². The SMILES string of the molecule is CC(=O)c1[nH]c([Si](C)(C)C(C)(C)C)nc1C. The molecule has 1 aromatic heterocycles. The van der Waals surface area contributed by atoms with E-state index in [4.69, 9.17) is 0 Å². The molecule has 90 valence electrons. The molecule has 0 radical (unpaired) electrons. The fraction of sp³-hybridized carbons (Fsp3) is 0.667. The van der Waals surface area contributed by atoms with Gasteiger partial charge in [-0.3, -0.25) is 4.79 Å². The second kappa shape index (κ2) is 3.84. The molecule has 1 N–H and O–H groups in total. The Labute approximate surface area is 98.7 Å². The highest BCUT2D eigenvalue weighted by Gasteiger charge is 2.40. The molecule has 0 saturated heterocycles. The van der Waals surface area contributed by atoms with Crippen molar-refractivity contribution in [3.05, 3.63) is 11.4 Å². The van der Waals surface area contributed by atoms with Gasteiger partial charge in [-0.1, -0.05) is 33.9 Å². The Bertz CT molecular complexity index is 413. The van der Waals surface area contributed by atoms with E-state index in [0.29, 0.717) is 5.69 Å². The molecule has 16 heavy (non-hydrogen) atoms. The molecule has 0 amide bonds. The number of nitrogens with one attached hydrogen (secondary N) is 1. The Kier molecular flexibility index (Phi) is 3.16. The van der Waals surface area contributed by atoms with Crippen molar-refractivity contribution in [2.24, 2.45) is 0 Å². The lowest BCUT2D eigenvalue weighted by Gasteiger charge is -2.34. The number of aromatic nitrogens is 2. The molecule has 3 nitrogen and oxygen atoms in total. The van der Waals surface area contributed by atoms with Crippen molar-refractivity contribution in [3.8, 4) is 0 Å². The largest absolute Gasteiger partial charge is 0.343 e. The monoisotopic (exact) mass is 238 g/mol. The van der Waals surface area contributed by atoms with Crippen LogP contribution < -0.4 is 5.45 Å². The first-order valence-electron chi connectivity index (χ1n) is 5.65. The van der Waals surface area contributed by atoms with E-state index in [2.05, 4.69) is 43.8 Å². The van der Waals surface area contributed by atoms with E-state index in [0.717, 1.165) is 11.1 Å². The van der Waals surface area contributed by atoms with E-state index in [9.17, 15) is 4.79 Å². The molecule has 0 aliphatic carbocycles. The van der Waals surface area contributed by atoms with Crippen molar-refractivity contribution in [3.63, 3.8) is 0 Å². The second-order valence-electron chi connectivity index (χ2n) is 5.98. The van der Waals surface area contributed by atoms with E-state index in [1.807, 2.05) is 6.92 Å². The van der Waals surface area contributed by atoms with E-state index in [1.165, 1.54) is 0 Å². The average molecular weight is 238 g/mol. The molecule has 0 spiro atoms. The summed E-state index contributed by atoms with van der Waals surface area (Å²) >= 11 is 0. The smallest absolute Gasteiger partial charge is 0.177 e. The topological polar surface area (TPSA) is 45.8 Å². The van der Waals surface area contributed by atoms with Gasteiger partial charge in [0.2, 0.25) is 0 Å². The van der Waals surface area contributed by atoms with Crippen LogP contribution in [0.25, 0.3) is 0 Å². The summed E-state index contributed by atoms with van der Waals surface area (Å²) in [5, 5.41) is 0.228. The number of Topliss-reactive ketones (excluding diaryl/α,β-unsaturated/α-hetero) is 1. The van der Waals surface area contributed by atoms with Crippen molar-refractivity contribution in [2.75, 3.05) is 0 Å². The van der Waals surface area contributed by atoms with Crippen LogP contribution in [0.1, 0.15) is 43.9 Å². The number of aryl methyl sites for hydroxylation is 1. The zero-order chi connectivity index (χ0) is 12.7. The first-order chi connectivity index (χ1) is 7.07. The van der Waals surface area contributed by atoms with Gasteiger partial charge >= 0.3 is 0 Å². The number of ketones is 1. The lowest BCUT2D eigenvalue weighted by atomic mass is 10.2. The van der Waals surface area contributed by atoms with Gasteiger partial charge in [-0.15, -0.1) is 0 Å². The average Bonchev–Trinajstić information content (AvgIpc) is 2.45. The zero-order valence-electron chi connectivity index (χ0n) is 11.4. The maximum Gasteiger partial charge on any atom is 0.177 e. The number of H-pyrrole nitrogens is 1. The minimum Gasteiger partial charge on any atom is -0.343 e. The Morgan fingerprint density at radius 1 is 1.31 bits per heavy atom. The molecule has 4 heteroatoms. The van der Waals surface area contributed by atoms with Gasteiger partial charge in [-0.25, -0.2) is 4.98 Å². The quantitative estimate of drug-likeness (QED) is 0.636. The maximum atomic E-state index is 11.4. The van der Waals surface area contributed by atoms with E-state index in [-0.39, 0.29) is 10.8 Å². The molecule has 0 aliphatic rings. The van der Waals surface area contributed by atoms with Gasteiger partial charge in [0.15, 0.2) is 5.78 Å². The number of hydrogen-bond acceptors (Lipinski definition) is 2. The van der Waals surface area contributed by atoms with Gasteiger partial charge in [0, 0.05) is 6.92 Å². The summed E-state index contributed by atoms with van der Waals surface area (Å²) in [4.78, 5) is 19.2. The fourth-order valence-electron chi connectivity index (χ4n) is 1.45. The lowest BCUT2D eigenvalue weighted by Crippen LogP contribution is -2.51. The first kappa shape index (κ1) is 13.2. The molecular formula is C12H22N2OSi. The molecule has 0 saturated carbocycles. The predicted octanol–water partition coefficient (Wildman–Crippen LogP) is 2.64. The first-order valence-corrected chi connectivity index (χ1v) is 8.65. The highest BCUT2D eigenvalue weighted by molar-refractivity contribution is 6.91. The van der Waals surface area contributed by atoms with Crippen LogP contribution >= 0.6 is 0 Å². The van der Waals surface area contributed by atoms with Crippen LogP contribution in [-0.4, -0.2) is 23.8 Å². The minimum atomic E-state index is -1.66. The number of carbonyl (C=O) groups is 1. The lowest BCUT2D eigenvalue weighted by molar-refractivity contribution is 0.101. The van der Waals surface area contributed by atoms with Gasteiger partial charge in [0.25, 0.3) is 0 Å². The molecule has 0 fully saturated rings. The van der Waals surface area contributed by atoms with Gasteiger partial charge < -0.3 is 4.98 Å². The molecule has 0 unspecified atom stereocenters. The molecule has 0 aromatic carbocycles. The van der Waals surface area contributed by atoms with Gasteiger partial charge in [0.1, 0.15) is 13.8 Å². The van der Waals surface area contributed by atoms with Gasteiger partial charge in [0.05, 0.1) is 11.1 Å². The Balaban J connectivity index is 3.26. The number of imidazole rings is 1. The molecule has 1 aromatic rings. The normalized spacial score (nSPS) is 12.9. The number of hydrogen-bond donors (Lipinski definition) is 1. The number of nitrogens with zero attached hydrogens (tertiary/aromatic N) is 1. The number of carbonyl (C=O) groups excluding carboxylic acids is 1. The number of rotatable bonds is 2. The standard InChI is InChI=1S/C12H22N2OSi/c1-8-10(9(2)15)14-11(13-8)16(6,7)12(3,4)5/h1-7H3,(H,13,14). The molecular weight excluding hydrogens is 216 g/mol. The van der Waals surface area contributed by atoms with Crippen molar-refractivity contribution >= 4 is 19.3 Å². The fourth-order valence-corrected chi connectivity index (χ4v) is 3.05. The van der Waals surface area contributed by atoms with E-state index >= 15 is 0 Å². The molecule has 1 heterocycles. The maximum absolute atomic E-state index is 11.4. The van der Waals surface area contributed by atoms with E-state index in [1.54, 1.807) is 6.92 Å². The summed E-state index contributed by atoms with van der Waals surface area (Å²) in [6.45, 7) is 14.8. The predicted molar refractivity (Wildman–Crippen MR) is 70.2 cm³/mol. The summed E-state index contributed by atoms with van der Waals surface area (Å²) in [6.07, 6.45) is 0. The Morgan fingerprint density at radius 3 is 2.12 bits per heavy atom. The van der Waals surface area contributed by atoms with Crippen LogP contribution in [0.5, 0.6) is 0 Å². The molecule has 0 atom stereocenters. The van der Waals surface area contributed by atoms with Crippen LogP contribution in [0.2, 0.25) is 18.1 Å². The molecule has 0 bridgehead atoms. The Hall–Kier alpha value is -0.903. The third kappa shape index (κ3) is 2.12. The zero-order valence-corrected chi connectivity index (χ0v) is 12.4. The summed E-state index contributed by atoms with van der Waals surface area (Å²) in [6, 6.07) is 0. The van der Waals surface area contributed by atoms with Gasteiger partial charge in [-0.05, 0) is 12.0 Å². The highest BCUT2D eigenvalue weighted by Crippen LogP contribution is 2.34. The summed E-state index contributed by atoms with van der Waals surface area (Å²) in [5.74, 6) is 0.0648. The summed E-state index contributed by atoms with van der Waals surface area (Å²) in [5.41, 5.74) is 2.52. The van der Waals surface area contributed by atoms with Crippen molar-refractivity contribution < 1.29 is 4.79 Å². The third-order valence-electron chi connectivity index (χ3n) is 3.70. The highest BCUT2D eigenvalue weighted by atomic mass is 28.3. The van der Waals surface area contributed by atoms with Crippen LogP contribution in [0, 0.1) is 6.92 Å². The van der Waals surface area contributed by atoms with Crippen LogP contribution in [0.3, 0.4) is 0 Å². The van der Waals surface area contributed by atoms with Crippen LogP contribution in [0.4, 0.5) is 0 Å². The van der Waals surface area contributed by atoms with Crippen molar-refractivity contribution in [1.29, 1.82) is 0 Å². The third-order valence-corrected chi connectivity index (χ3v) is 8.87. The van der Waals surface area contributed by atoms with Gasteiger partial charge in [-0.2, -0.15) is 0 Å².